The number of aryl methyl sites for hydroxylation is 1. The third kappa shape index (κ3) is 3.35. The molecule has 0 spiro atoms. The van der Waals surface area contributed by atoms with Gasteiger partial charge in [0.1, 0.15) is 5.82 Å². The highest BCUT2D eigenvalue weighted by atomic mass is 19.1. The van der Waals surface area contributed by atoms with E-state index in [1.807, 2.05) is 23.2 Å². The van der Waals surface area contributed by atoms with E-state index < -0.39 is 0 Å². The van der Waals surface area contributed by atoms with Gasteiger partial charge in [0.2, 0.25) is 5.91 Å². The molecule has 116 valence electrons. The SMILES string of the molecule is O=C(CCn1cccn1)N1CCCCC1c1cccc(F)c1. The molecule has 1 unspecified atom stereocenters. The van der Waals surface area contributed by atoms with Gasteiger partial charge in [-0.3, -0.25) is 9.48 Å². The van der Waals surface area contributed by atoms with Crippen LogP contribution < -0.4 is 0 Å². The molecule has 0 saturated carbocycles. The van der Waals surface area contributed by atoms with Crippen molar-refractivity contribution < 1.29 is 9.18 Å². The largest absolute Gasteiger partial charge is 0.336 e. The van der Waals surface area contributed by atoms with Crippen LogP contribution in [0.25, 0.3) is 0 Å². The normalized spacial score (nSPS) is 18.4. The molecule has 22 heavy (non-hydrogen) atoms. The summed E-state index contributed by atoms with van der Waals surface area (Å²) in [4.78, 5) is 14.5. The molecule has 1 amide bonds. The van der Waals surface area contributed by atoms with Crippen LogP contribution in [-0.4, -0.2) is 27.1 Å². The molecule has 1 aliphatic heterocycles. The molecule has 0 N–H and O–H groups in total. The van der Waals surface area contributed by atoms with Crippen LogP contribution >= 0.6 is 0 Å². The molecule has 2 heterocycles. The smallest absolute Gasteiger partial charge is 0.224 e. The average molecular weight is 301 g/mol. The van der Waals surface area contributed by atoms with Crippen molar-refractivity contribution in [2.24, 2.45) is 0 Å². The summed E-state index contributed by atoms with van der Waals surface area (Å²) >= 11 is 0. The fraction of sp³-hybridized carbons (Fsp3) is 0.412. The van der Waals surface area contributed by atoms with Gasteiger partial charge in [-0.15, -0.1) is 0 Å². The van der Waals surface area contributed by atoms with Crippen molar-refractivity contribution in [1.29, 1.82) is 0 Å². The molecule has 1 fully saturated rings. The van der Waals surface area contributed by atoms with Gasteiger partial charge >= 0.3 is 0 Å². The molecule has 0 aliphatic carbocycles. The van der Waals surface area contributed by atoms with Gasteiger partial charge in [0, 0.05) is 31.9 Å². The van der Waals surface area contributed by atoms with Gasteiger partial charge in [-0.05, 0) is 43.0 Å². The molecular weight excluding hydrogens is 281 g/mol. The number of likely N-dealkylation sites (tertiary alicyclic amines) is 1. The van der Waals surface area contributed by atoms with Crippen molar-refractivity contribution in [3.63, 3.8) is 0 Å². The van der Waals surface area contributed by atoms with E-state index in [4.69, 9.17) is 0 Å². The minimum atomic E-state index is -0.244. The fourth-order valence-corrected chi connectivity index (χ4v) is 3.08. The summed E-state index contributed by atoms with van der Waals surface area (Å²) < 4.78 is 15.2. The monoisotopic (exact) mass is 301 g/mol. The summed E-state index contributed by atoms with van der Waals surface area (Å²) in [5, 5.41) is 4.12. The number of piperidine rings is 1. The first kappa shape index (κ1) is 14.8. The number of hydrogen-bond donors (Lipinski definition) is 0. The number of aromatic nitrogens is 2. The Kier molecular flexibility index (Phi) is 4.51. The van der Waals surface area contributed by atoms with Gasteiger partial charge in [-0.1, -0.05) is 12.1 Å². The van der Waals surface area contributed by atoms with Crippen LogP contribution in [0.5, 0.6) is 0 Å². The zero-order chi connectivity index (χ0) is 15.4. The molecule has 0 radical (unpaired) electrons. The molecule has 1 atom stereocenters. The Labute approximate surface area is 129 Å². The van der Waals surface area contributed by atoms with E-state index in [-0.39, 0.29) is 17.8 Å². The van der Waals surface area contributed by atoms with Crippen LogP contribution in [0.3, 0.4) is 0 Å². The molecular formula is C17H20FN3O. The quantitative estimate of drug-likeness (QED) is 0.870. The van der Waals surface area contributed by atoms with E-state index >= 15 is 0 Å². The highest BCUT2D eigenvalue weighted by molar-refractivity contribution is 5.76. The van der Waals surface area contributed by atoms with E-state index in [2.05, 4.69) is 5.10 Å². The molecule has 3 rings (SSSR count). The van der Waals surface area contributed by atoms with Gasteiger partial charge in [0.25, 0.3) is 0 Å². The third-order valence-corrected chi connectivity index (χ3v) is 4.17. The van der Waals surface area contributed by atoms with Crippen molar-refractivity contribution in [3.05, 3.63) is 54.1 Å². The lowest BCUT2D eigenvalue weighted by Gasteiger charge is -2.36. The highest BCUT2D eigenvalue weighted by Crippen LogP contribution is 2.31. The van der Waals surface area contributed by atoms with E-state index in [0.29, 0.717) is 13.0 Å². The Morgan fingerprint density at radius 2 is 2.23 bits per heavy atom. The lowest BCUT2D eigenvalue weighted by Crippen LogP contribution is -2.38. The molecule has 1 aliphatic rings. The molecule has 1 saturated heterocycles. The van der Waals surface area contributed by atoms with Gasteiger partial charge in [-0.25, -0.2) is 4.39 Å². The topological polar surface area (TPSA) is 38.1 Å². The van der Waals surface area contributed by atoms with E-state index in [0.717, 1.165) is 31.4 Å². The Morgan fingerprint density at radius 3 is 3.00 bits per heavy atom. The lowest BCUT2D eigenvalue weighted by molar-refractivity contribution is -0.135. The molecule has 2 aromatic rings. The van der Waals surface area contributed by atoms with Gasteiger partial charge in [0.15, 0.2) is 0 Å². The standard InChI is InChI=1S/C17H20FN3O/c18-15-6-3-5-14(13-15)16-7-1-2-11-21(16)17(22)8-12-20-10-4-9-19-20/h3-6,9-10,13,16H,1-2,7-8,11-12H2. The number of rotatable bonds is 4. The lowest BCUT2D eigenvalue weighted by atomic mass is 9.95. The van der Waals surface area contributed by atoms with E-state index in [1.54, 1.807) is 23.0 Å². The summed E-state index contributed by atoms with van der Waals surface area (Å²) in [6.45, 7) is 1.33. The number of carbonyl (C=O) groups excluding carboxylic acids is 1. The summed E-state index contributed by atoms with van der Waals surface area (Å²) in [6.07, 6.45) is 6.97. The number of nitrogens with zero attached hydrogens (tertiary/aromatic N) is 3. The molecule has 0 bridgehead atoms. The maximum Gasteiger partial charge on any atom is 0.224 e. The van der Waals surface area contributed by atoms with Crippen molar-refractivity contribution in [2.45, 2.75) is 38.3 Å². The molecule has 1 aromatic heterocycles. The number of carbonyl (C=O) groups is 1. The highest BCUT2D eigenvalue weighted by Gasteiger charge is 2.27. The van der Waals surface area contributed by atoms with Crippen LogP contribution in [-0.2, 0) is 11.3 Å². The number of halogens is 1. The van der Waals surface area contributed by atoms with Gasteiger partial charge in [0.05, 0.1) is 6.04 Å². The Morgan fingerprint density at radius 1 is 1.32 bits per heavy atom. The number of hydrogen-bond acceptors (Lipinski definition) is 2. The predicted octanol–water partition coefficient (Wildman–Crippen LogP) is 3.17. The van der Waals surface area contributed by atoms with E-state index in [9.17, 15) is 9.18 Å². The maximum atomic E-state index is 13.5. The van der Waals surface area contributed by atoms with Crippen LogP contribution in [0.1, 0.15) is 37.3 Å². The summed E-state index contributed by atoms with van der Waals surface area (Å²) in [5.41, 5.74) is 0.895. The van der Waals surface area contributed by atoms with E-state index in [1.165, 1.54) is 6.07 Å². The second-order valence-corrected chi connectivity index (χ2v) is 5.67. The van der Waals surface area contributed by atoms with Crippen LogP contribution in [0.15, 0.2) is 42.7 Å². The first-order valence-corrected chi connectivity index (χ1v) is 7.76. The van der Waals surface area contributed by atoms with Crippen LogP contribution in [0, 0.1) is 5.82 Å². The van der Waals surface area contributed by atoms with Crippen LogP contribution in [0.2, 0.25) is 0 Å². The van der Waals surface area contributed by atoms with Crippen molar-refractivity contribution in [2.75, 3.05) is 6.54 Å². The summed E-state index contributed by atoms with van der Waals surface area (Å²) in [6, 6.07) is 8.45. The van der Waals surface area contributed by atoms with Crippen molar-refractivity contribution in [1.82, 2.24) is 14.7 Å². The van der Waals surface area contributed by atoms with Gasteiger partial charge < -0.3 is 4.90 Å². The van der Waals surface area contributed by atoms with Crippen molar-refractivity contribution in [3.8, 4) is 0 Å². The Balaban J connectivity index is 1.70. The number of amides is 1. The zero-order valence-corrected chi connectivity index (χ0v) is 12.5. The first-order valence-electron chi connectivity index (χ1n) is 7.76. The third-order valence-electron chi connectivity index (χ3n) is 4.17. The first-order chi connectivity index (χ1) is 10.7. The van der Waals surface area contributed by atoms with Crippen LogP contribution in [0.4, 0.5) is 4.39 Å². The minimum absolute atomic E-state index is 0.00503. The average Bonchev–Trinajstić information content (AvgIpc) is 3.06. The fourth-order valence-electron chi connectivity index (χ4n) is 3.08. The maximum absolute atomic E-state index is 13.5. The van der Waals surface area contributed by atoms with Crippen molar-refractivity contribution >= 4 is 5.91 Å². The van der Waals surface area contributed by atoms with Gasteiger partial charge in [-0.2, -0.15) is 5.10 Å². The molecule has 4 nitrogen and oxygen atoms in total. The Hall–Kier alpha value is -2.17. The predicted molar refractivity (Wildman–Crippen MR) is 81.5 cm³/mol. The Bertz CT molecular complexity index is 627. The summed E-state index contributed by atoms with van der Waals surface area (Å²) in [5.74, 6) is -0.128. The summed E-state index contributed by atoms with van der Waals surface area (Å²) in [7, 11) is 0. The zero-order valence-electron chi connectivity index (χ0n) is 12.5. The second-order valence-electron chi connectivity index (χ2n) is 5.67. The minimum Gasteiger partial charge on any atom is -0.336 e. The molecule has 5 heteroatoms. The second kappa shape index (κ2) is 6.73. The molecule has 1 aromatic carbocycles. The number of benzene rings is 1.